The van der Waals surface area contributed by atoms with Crippen molar-refractivity contribution in [1.82, 2.24) is 10.2 Å². The molecule has 5 heteroatoms. The van der Waals surface area contributed by atoms with Crippen molar-refractivity contribution in [3.63, 3.8) is 0 Å². The Kier molecular flexibility index (Phi) is 5.18. The second-order valence-electron chi connectivity index (χ2n) is 6.41. The van der Waals surface area contributed by atoms with E-state index in [0.29, 0.717) is 18.6 Å². The van der Waals surface area contributed by atoms with E-state index in [4.69, 9.17) is 9.47 Å². The molecule has 1 atom stereocenters. The lowest BCUT2D eigenvalue weighted by Gasteiger charge is -2.33. The van der Waals surface area contributed by atoms with Gasteiger partial charge in [-0.3, -0.25) is 9.69 Å². The number of benzene rings is 1. The van der Waals surface area contributed by atoms with Gasteiger partial charge in [-0.2, -0.15) is 0 Å². The van der Waals surface area contributed by atoms with E-state index in [1.54, 1.807) is 7.11 Å². The van der Waals surface area contributed by atoms with Gasteiger partial charge in [0.2, 0.25) is 0 Å². The molecule has 1 saturated heterocycles. The maximum Gasteiger partial charge on any atom is 0.319 e. The summed E-state index contributed by atoms with van der Waals surface area (Å²) in [6.45, 7) is 2.31. The predicted molar refractivity (Wildman–Crippen MR) is 88.7 cm³/mol. The van der Waals surface area contributed by atoms with Crippen molar-refractivity contribution in [2.45, 2.75) is 37.8 Å². The monoisotopic (exact) mass is 318 g/mol. The fraction of sp³-hybridized carbons (Fsp3) is 0.611. The molecule has 0 amide bonds. The summed E-state index contributed by atoms with van der Waals surface area (Å²) in [7, 11) is 3.19. The number of rotatable bonds is 5. The van der Waals surface area contributed by atoms with Gasteiger partial charge in [0.1, 0.15) is 5.75 Å². The summed E-state index contributed by atoms with van der Waals surface area (Å²) in [5.41, 5.74) is 2.75. The minimum absolute atomic E-state index is 0.145. The quantitative estimate of drug-likeness (QED) is 0.841. The van der Waals surface area contributed by atoms with Gasteiger partial charge in [0, 0.05) is 25.2 Å². The molecule has 0 spiro atoms. The van der Waals surface area contributed by atoms with Crippen molar-refractivity contribution in [2.24, 2.45) is 0 Å². The van der Waals surface area contributed by atoms with Crippen molar-refractivity contribution in [2.75, 3.05) is 33.9 Å². The number of methoxy groups -OCH3 is 2. The molecule has 5 nitrogen and oxygen atoms in total. The SMILES string of the molecule is COC(=O)CN1CCC(N[C@@H]2CCc3c(OC)cccc32)CC1. The standard InChI is InChI=1S/C18H26N2O3/c1-22-17-5-3-4-14-15(17)6-7-16(14)19-13-8-10-20(11-9-13)12-18(21)23-2/h3-5,13,16,19H,6-12H2,1-2H3/t16-/m1/s1. The average molecular weight is 318 g/mol. The van der Waals surface area contributed by atoms with E-state index in [2.05, 4.69) is 22.3 Å². The Bertz CT molecular complexity index is 553. The van der Waals surface area contributed by atoms with E-state index in [-0.39, 0.29) is 5.97 Å². The van der Waals surface area contributed by atoms with Crippen molar-refractivity contribution in [3.8, 4) is 5.75 Å². The Balaban J connectivity index is 1.54. The number of nitrogens with one attached hydrogen (secondary N) is 1. The summed E-state index contributed by atoms with van der Waals surface area (Å²) < 4.78 is 10.2. The number of likely N-dealkylation sites (tertiary alicyclic amines) is 1. The molecule has 1 aromatic carbocycles. The zero-order chi connectivity index (χ0) is 16.2. The summed E-state index contributed by atoms with van der Waals surface area (Å²) in [6.07, 6.45) is 4.37. The molecule has 1 aliphatic heterocycles. The van der Waals surface area contributed by atoms with E-state index in [9.17, 15) is 4.79 Å². The van der Waals surface area contributed by atoms with Gasteiger partial charge in [-0.1, -0.05) is 12.1 Å². The molecule has 1 aromatic rings. The van der Waals surface area contributed by atoms with Crippen LogP contribution in [0.4, 0.5) is 0 Å². The lowest BCUT2D eigenvalue weighted by atomic mass is 10.0. The van der Waals surface area contributed by atoms with Gasteiger partial charge >= 0.3 is 5.97 Å². The summed E-state index contributed by atoms with van der Waals surface area (Å²) in [4.78, 5) is 13.5. The minimum Gasteiger partial charge on any atom is -0.496 e. The number of nitrogens with zero attached hydrogens (tertiary/aromatic N) is 1. The Morgan fingerprint density at radius 3 is 2.74 bits per heavy atom. The maximum atomic E-state index is 11.3. The largest absolute Gasteiger partial charge is 0.496 e. The number of hydrogen-bond acceptors (Lipinski definition) is 5. The van der Waals surface area contributed by atoms with E-state index in [1.165, 1.54) is 18.2 Å². The van der Waals surface area contributed by atoms with Crippen LogP contribution in [-0.2, 0) is 16.0 Å². The number of carbonyl (C=O) groups excluding carboxylic acids is 1. The van der Waals surface area contributed by atoms with Crippen LogP contribution in [0.1, 0.15) is 36.4 Å². The molecule has 0 bridgehead atoms. The molecule has 2 aliphatic rings. The Labute approximate surface area is 137 Å². The highest BCUT2D eigenvalue weighted by atomic mass is 16.5. The Morgan fingerprint density at radius 2 is 2.04 bits per heavy atom. The van der Waals surface area contributed by atoms with Crippen LogP contribution in [0, 0.1) is 0 Å². The van der Waals surface area contributed by atoms with Gasteiger partial charge in [0.15, 0.2) is 0 Å². The van der Waals surface area contributed by atoms with Crippen LogP contribution >= 0.6 is 0 Å². The molecule has 1 fully saturated rings. The first-order valence-electron chi connectivity index (χ1n) is 8.42. The van der Waals surface area contributed by atoms with E-state index in [0.717, 1.165) is 44.5 Å². The highest BCUT2D eigenvalue weighted by Gasteiger charge is 2.28. The van der Waals surface area contributed by atoms with Gasteiger partial charge in [-0.05, 0) is 42.9 Å². The summed E-state index contributed by atoms with van der Waals surface area (Å²) in [6, 6.07) is 7.29. The second kappa shape index (κ2) is 7.32. The first kappa shape index (κ1) is 16.3. The van der Waals surface area contributed by atoms with Gasteiger partial charge < -0.3 is 14.8 Å². The van der Waals surface area contributed by atoms with Crippen LogP contribution in [0.5, 0.6) is 5.75 Å². The van der Waals surface area contributed by atoms with Crippen molar-refractivity contribution < 1.29 is 14.3 Å². The van der Waals surface area contributed by atoms with Crippen LogP contribution in [-0.4, -0.2) is 50.8 Å². The second-order valence-corrected chi connectivity index (χ2v) is 6.41. The number of hydrogen-bond donors (Lipinski definition) is 1. The number of fused-ring (bicyclic) bond motifs is 1. The predicted octanol–water partition coefficient (Wildman–Crippen LogP) is 1.91. The highest BCUT2D eigenvalue weighted by molar-refractivity contribution is 5.71. The number of esters is 1. The summed E-state index contributed by atoms with van der Waals surface area (Å²) in [5, 5.41) is 3.81. The lowest BCUT2D eigenvalue weighted by Crippen LogP contribution is -2.45. The van der Waals surface area contributed by atoms with Crippen LogP contribution in [0.2, 0.25) is 0 Å². The van der Waals surface area contributed by atoms with E-state index < -0.39 is 0 Å². The van der Waals surface area contributed by atoms with Gasteiger partial charge in [-0.25, -0.2) is 0 Å². The third-order valence-electron chi connectivity index (χ3n) is 5.05. The maximum absolute atomic E-state index is 11.3. The van der Waals surface area contributed by atoms with Gasteiger partial charge in [0.05, 0.1) is 20.8 Å². The number of ether oxygens (including phenoxy) is 2. The molecule has 0 unspecified atom stereocenters. The molecule has 0 aromatic heterocycles. The minimum atomic E-state index is -0.145. The van der Waals surface area contributed by atoms with E-state index in [1.807, 2.05) is 6.07 Å². The molecular weight excluding hydrogens is 292 g/mol. The Hall–Kier alpha value is -1.59. The third kappa shape index (κ3) is 3.67. The molecule has 126 valence electrons. The van der Waals surface area contributed by atoms with Gasteiger partial charge in [0.25, 0.3) is 0 Å². The smallest absolute Gasteiger partial charge is 0.319 e. The van der Waals surface area contributed by atoms with Gasteiger partial charge in [-0.15, -0.1) is 0 Å². The average Bonchev–Trinajstić information content (AvgIpc) is 2.99. The van der Waals surface area contributed by atoms with Crippen LogP contribution in [0.25, 0.3) is 0 Å². The molecule has 3 rings (SSSR count). The normalized spacial score (nSPS) is 21.9. The van der Waals surface area contributed by atoms with E-state index >= 15 is 0 Å². The van der Waals surface area contributed by atoms with Crippen LogP contribution < -0.4 is 10.1 Å². The van der Waals surface area contributed by atoms with Crippen molar-refractivity contribution in [3.05, 3.63) is 29.3 Å². The first-order valence-corrected chi connectivity index (χ1v) is 8.42. The molecule has 1 heterocycles. The third-order valence-corrected chi connectivity index (χ3v) is 5.05. The molecular formula is C18H26N2O3. The summed E-state index contributed by atoms with van der Waals surface area (Å²) in [5.74, 6) is 0.868. The van der Waals surface area contributed by atoms with Crippen LogP contribution in [0.3, 0.4) is 0 Å². The summed E-state index contributed by atoms with van der Waals surface area (Å²) >= 11 is 0. The van der Waals surface area contributed by atoms with Crippen molar-refractivity contribution >= 4 is 5.97 Å². The number of piperidine rings is 1. The molecule has 23 heavy (non-hydrogen) atoms. The zero-order valence-corrected chi connectivity index (χ0v) is 14.0. The fourth-order valence-electron chi connectivity index (χ4n) is 3.77. The topological polar surface area (TPSA) is 50.8 Å². The first-order chi connectivity index (χ1) is 11.2. The molecule has 1 N–H and O–H groups in total. The van der Waals surface area contributed by atoms with Crippen molar-refractivity contribution in [1.29, 1.82) is 0 Å². The number of carbonyl (C=O) groups is 1. The highest BCUT2D eigenvalue weighted by Crippen LogP contribution is 2.37. The zero-order valence-electron chi connectivity index (χ0n) is 14.0. The Morgan fingerprint density at radius 1 is 1.26 bits per heavy atom. The molecule has 1 aliphatic carbocycles. The fourth-order valence-corrected chi connectivity index (χ4v) is 3.77. The molecule has 0 saturated carbocycles. The van der Waals surface area contributed by atoms with Crippen LogP contribution in [0.15, 0.2) is 18.2 Å². The lowest BCUT2D eigenvalue weighted by molar-refractivity contribution is -0.142. The molecule has 0 radical (unpaired) electrons.